The van der Waals surface area contributed by atoms with Crippen molar-refractivity contribution in [2.45, 2.75) is 57.7 Å². The van der Waals surface area contributed by atoms with E-state index < -0.39 is 24.0 Å². The Labute approximate surface area is 183 Å². The van der Waals surface area contributed by atoms with Crippen LogP contribution in [0, 0.1) is 11.3 Å². The fourth-order valence-corrected chi connectivity index (χ4v) is 4.48. The van der Waals surface area contributed by atoms with E-state index in [-0.39, 0.29) is 29.3 Å². The van der Waals surface area contributed by atoms with Gasteiger partial charge in [0.1, 0.15) is 5.54 Å². The van der Waals surface area contributed by atoms with Gasteiger partial charge in [-0.15, -0.1) is 0 Å². The van der Waals surface area contributed by atoms with Crippen molar-refractivity contribution in [3.63, 3.8) is 0 Å². The molecule has 1 saturated carbocycles. The predicted molar refractivity (Wildman–Crippen MR) is 109 cm³/mol. The molecule has 0 aromatic heterocycles. The molecule has 1 aliphatic carbocycles. The summed E-state index contributed by atoms with van der Waals surface area (Å²) in [6.07, 6.45) is -4.31. The van der Waals surface area contributed by atoms with Gasteiger partial charge in [0.25, 0.3) is 6.43 Å². The highest BCUT2D eigenvalue weighted by molar-refractivity contribution is 5.92. The molecule has 10 heteroatoms. The second-order valence-corrected chi connectivity index (χ2v) is 9.51. The maximum atomic E-state index is 12.9. The molecule has 1 aromatic rings. The number of likely N-dealkylation sites (tertiary alicyclic amines) is 1. The molecule has 2 aliphatic rings. The third kappa shape index (κ3) is 5.57. The highest BCUT2D eigenvalue weighted by Gasteiger charge is 2.50. The average Bonchev–Trinajstić information content (AvgIpc) is 2.66. The van der Waals surface area contributed by atoms with Crippen LogP contribution in [-0.4, -0.2) is 48.1 Å². The van der Waals surface area contributed by atoms with Crippen LogP contribution in [0.15, 0.2) is 24.3 Å². The molecule has 2 N–H and O–H groups in total. The second-order valence-electron chi connectivity index (χ2n) is 9.51. The molecule has 1 spiro atoms. The van der Waals surface area contributed by atoms with Crippen molar-refractivity contribution in [3.8, 4) is 0 Å². The lowest BCUT2D eigenvalue weighted by molar-refractivity contribution is -0.189. The summed E-state index contributed by atoms with van der Waals surface area (Å²) in [7, 11) is 0. The third-order valence-electron chi connectivity index (χ3n) is 6.47. The summed E-state index contributed by atoms with van der Waals surface area (Å²) in [5, 5.41) is 4.75. The largest absolute Gasteiger partial charge is 0.410 e. The summed E-state index contributed by atoms with van der Waals surface area (Å²) in [5.41, 5.74) is -2.11. The van der Waals surface area contributed by atoms with Gasteiger partial charge in [0, 0.05) is 30.3 Å². The lowest BCUT2D eigenvalue weighted by atomic mass is 9.65. The van der Waals surface area contributed by atoms with Crippen LogP contribution in [0.3, 0.4) is 0 Å². The number of alkyl halides is 5. The zero-order valence-corrected chi connectivity index (χ0v) is 18.1. The predicted octanol–water partition coefficient (Wildman–Crippen LogP) is 4.51. The monoisotopic (exact) mass is 461 g/mol. The van der Waals surface area contributed by atoms with Crippen molar-refractivity contribution < 1.29 is 31.5 Å². The topological polar surface area (TPSA) is 61.4 Å². The molecular formula is C22H28F5N3O2. The van der Waals surface area contributed by atoms with Gasteiger partial charge in [-0.05, 0) is 57.1 Å². The van der Waals surface area contributed by atoms with E-state index in [1.807, 2.05) is 10.2 Å². The normalized spacial score (nSPS) is 19.6. The Morgan fingerprint density at radius 1 is 1.16 bits per heavy atom. The van der Waals surface area contributed by atoms with Gasteiger partial charge in [-0.25, -0.2) is 8.78 Å². The molecular weight excluding hydrogens is 433 g/mol. The molecule has 5 nitrogen and oxygen atoms in total. The van der Waals surface area contributed by atoms with E-state index in [2.05, 4.69) is 5.32 Å². The van der Waals surface area contributed by atoms with Crippen LogP contribution in [0.25, 0.3) is 0 Å². The first kappa shape index (κ1) is 24.4. The zero-order chi connectivity index (χ0) is 23.7. The lowest BCUT2D eigenvalue weighted by Crippen LogP contribution is -2.62. The number of benzene rings is 1. The quantitative estimate of drug-likeness (QED) is 0.613. The van der Waals surface area contributed by atoms with Crippen LogP contribution in [0.5, 0.6) is 0 Å². The molecule has 32 heavy (non-hydrogen) atoms. The highest BCUT2D eigenvalue weighted by atomic mass is 19.4. The fourth-order valence-electron chi connectivity index (χ4n) is 4.48. The standard InChI is InChI=1S/C22H28F5N3O2/c1-20(2,22(25,26)27)29-17(31)11-30-12-21(13-30)8-6-14(7-9-21)19(32)28-16-5-3-4-15(10-16)18(23)24/h3-5,10,14,18H,6-9,11-13H2,1-2H3,(H,28,32)(H,29,31). The van der Waals surface area contributed by atoms with Gasteiger partial charge >= 0.3 is 6.18 Å². The van der Waals surface area contributed by atoms with E-state index in [1.54, 1.807) is 6.07 Å². The van der Waals surface area contributed by atoms with E-state index in [1.165, 1.54) is 18.2 Å². The Hall–Kier alpha value is -2.23. The third-order valence-corrected chi connectivity index (χ3v) is 6.47. The summed E-state index contributed by atoms with van der Waals surface area (Å²) in [6, 6.07) is 5.62. The van der Waals surface area contributed by atoms with Crippen LogP contribution in [0.4, 0.5) is 27.6 Å². The van der Waals surface area contributed by atoms with Gasteiger partial charge in [-0.2, -0.15) is 13.2 Å². The number of halogens is 5. The van der Waals surface area contributed by atoms with Crippen molar-refractivity contribution in [2.75, 3.05) is 25.0 Å². The molecule has 3 rings (SSSR count). The molecule has 2 fully saturated rings. The van der Waals surface area contributed by atoms with Gasteiger partial charge in [-0.3, -0.25) is 14.5 Å². The molecule has 178 valence electrons. The number of amides is 2. The Morgan fingerprint density at radius 3 is 2.34 bits per heavy atom. The number of carbonyl (C=O) groups is 2. The smallest absolute Gasteiger partial charge is 0.341 e. The molecule has 1 aromatic carbocycles. The molecule has 0 radical (unpaired) electrons. The molecule has 0 bridgehead atoms. The minimum absolute atomic E-state index is 0.0216. The number of hydrogen-bond donors (Lipinski definition) is 2. The van der Waals surface area contributed by atoms with Gasteiger partial charge in [0.15, 0.2) is 0 Å². The van der Waals surface area contributed by atoms with Crippen LogP contribution in [0.1, 0.15) is 51.5 Å². The SMILES string of the molecule is CC(C)(NC(=O)CN1CC2(CCC(C(=O)Nc3cccc(C(F)F)c3)CC2)C1)C(F)(F)F. The highest BCUT2D eigenvalue weighted by Crippen LogP contribution is 2.45. The second kappa shape index (κ2) is 8.96. The van der Waals surface area contributed by atoms with Gasteiger partial charge in [0.05, 0.1) is 6.54 Å². The van der Waals surface area contributed by atoms with Crippen LogP contribution in [0.2, 0.25) is 0 Å². The fraction of sp³-hybridized carbons (Fsp3) is 0.636. The first-order valence-electron chi connectivity index (χ1n) is 10.6. The summed E-state index contributed by atoms with van der Waals surface area (Å²) >= 11 is 0. The Kier molecular flexibility index (Phi) is 6.83. The summed E-state index contributed by atoms with van der Waals surface area (Å²) < 4.78 is 64.4. The van der Waals surface area contributed by atoms with Gasteiger partial charge in [0.2, 0.25) is 11.8 Å². The number of hydrogen-bond acceptors (Lipinski definition) is 3. The van der Waals surface area contributed by atoms with E-state index >= 15 is 0 Å². The summed E-state index contributed by atoms with van der Waals surface area (Å²) in [4.78, 5) is 26.4. The van der Waals surface area contributed by atoms with Gasteiger partial charge in [-0.1, -0.05) is 12.1 Å². The molecule has 2 amide bonds. The molecule has 1 aliphatic heterocycles. The Balaban J connectivity index is 1.43. The molecule has 0 atom stereocenters. The zero-order valence-electron chi connectivity index (χ0n) is 18.1. The van der Waals surface area contributed by atoms with Crippen LogP contribution >= 0.6 is 0 Å². The van der Waals surface area contributed by atoms with Crippen molar-refractivity contribution in [1.29, 1.82) is 0 Å². The van der Waals surface area contributed by atoms with E-state index in [9.17, 15) is 31.5 Å². The van der Waals surface area contributed by atoms with E-state index in [0.29, 0.717) is 31.6 Å². The maximum Gasteiger partial charge on any atom is 0.410 e. The Bertz CT molecular complexity index is 840. The average molecular weight is 461 g/mol. The van der Waals surface area contributed by atoms with Crippen molar-refractivity contribution in [1.82, 2.24) is 10.2 Å². The van der Waals surface area contributed by atoms with Crippen molar-refractivity contribution in [2.24, 2.45) is 11.3 Å². The number of anilines is 1. The maximum absolute atomic E-state index is 12.9. The van der Waals surface area contributed by atoms with Crippen molar-refractivity contribution >= 4 is 17.5 Å². The minimum atomic E-state index is -4.53. The van der Waals surface area contributed by atoms with Crippen molar-refractivity contribution in [3.05, 3.63) is 29.8 Å². The number of carbonyl (C=O) groups excluding carboxylic acids is 2. The first-order chi connectivity index (χ1) is 14.8. The minimum Gasteiger partial charge on any atom is -0.341 e. The molecule has 0 unspecified atom stereocenters. The number of nitrogens with zero attached hydrogens (tertiary/aromatic N) is 1. The number of rotatable bonds is 6. The molecule has 1 saturated heterocycles. The van der Waals surface area contributed by atoms with Crippen LogP contribution in [-0.2, 0) is 9.59 Å². The molecule has 1 heterocycles. The van der Waals surface area contributed by atoms with Crippen LogP contribution < -0.4 is 10.6 Å². The summed E-state index contributed by atoms with van der Waals surface area (Å²) in [6.45, 7) is 2.98. The van der Waals surface area contributed by atoms with Gasteiger partial charge < -0.3 is 10.6 Å². The first-order valence-corrected chi connectivity index (χ1v) is 10.6. The Morgan fingerprint density at radius 2 is 1.78 bits per heavy atom. The summed E-state index contributed by atoms with van der Waals surface area (Å²) in [5.74, 6) is -1.08. The lowest BCUT2D eigenvalue weighted by Gasteiger charge is -2.53. The van der Waals surface area contributed by atoms with E-state index in [4.69, 9.17) is 0 Å². The number of nitrogens with one attached hydrogen (secondary N) is 2. The van der Waals surface area contributed by atoms with E-state index in [0.717, 1.165) is 26.7 Å².